The Morgan fingerprint density at radius 1 is 1.36 bits per heavy atom. The van der Waals surface area contributed by atoms with Crippen molar-refractivity contribution in [3.05, 3.63) is 6.61 Å². The molecule has 0 fully saturated rings. The average Bonchev–Trinajstić information content (AvgIpc) is 2.04. The van der Waals surface area contributed by atoms with E-state index in [0.717, 1.165) is 18.9 Å². The standard InChI is InChI=1S/C10H21O/c1-4-6-8-11-9-7-10(3)5-2/h8,10H,4-7,9H2,1-3H3. The number of hydrogen-bond donors (Lipinski definition) is 0. The van der Waals surface area contributed by atoms with Crippen molar-refractivity contribution in [2.45, 2.75) is 46.5 Å². The van der Waals surface area contributed by atoms with Crippen LogP contribution in [0.3, 0.4) is 0 Å². The smallest absolute Gasteiger partial charge is 0.0836 e. The summed E-state index contributed by atoms with van der Waals surface area (Å²) in [4.78, 5) is 0. The molecule has 1 radical (unpaired) electrons. The van der Waals surface area contributed by atoms with Crippen molar-refractivity contribution in [1.29, 1.82) is 0 Å². The summed E-state index contributed by atoms with van der Waals surface area (Å²) in [6.07, 6.45) is 4.72. The van der Waals surface area contributed by atoms with E-state index in [1.165, 1.54) is 19.3 Å². The summed E-state index contributed by atoms with van der Waals surface area (Å²) in [6, 6.07) is 0. The second-order valence-electron chi connectivity index (χ2n) is 3.13. The average molecular weight is 157 g/mol. The van der Waals surface area contributed by atoms with Crippen LogP contribution in [0.2, 0.25) is 0 Å². The van der Waals surface area contributed by atoms with E-state index in [0.29, 0.717) is 0 Å². The zero-order valence-corrected chi connectivity index (χ0v) is 8.10. The summed E-state index contributed by atoms with van der Waals surface area (Å²) in [6.45, 7) is 9.48. The molecule has 0 bridgehead atoms. The summed E-state index contributed by atoms with van der Waals surface area (Å²) < 4.78 is 5.32. The van der Waals surface area contributed by atoms with Crippen LogP contribution >= 0.6 is 0 Å². The van der Waals surface area contributed by atoms with Gasteiger partial charge in [0.05, 0.1) is 6.61 Å². The molecule has 0 rings (SSSR count). The van der Waals surface area contributed by atoms with E-state index in [4.69, 9.17) is 4.74 Å². The van der Waals surface area contributed by atoms with Crippen molar-refractivity contribution in [3.63, 3.8) is 0 Å². The fourth-order valence-corrected chi connectivity index (χ4v) is 0.758. The topological polar surface area (TPSA) is 9.23 Å². The third kappa shape index (κ3) is 7.86. The molecular formula is C10H21O. The fraction of sp³-hybridized carbons (Fsp3) is 0.900. The van der Waals surface area contributed by atoms with E-state index in [1.807, 2.05) is 6.61 Å². The maximum Gasteiger partial charge on any atom is 0.0836 e. The van der Waals surface area contributed by atoms with E-state index in [1.54, 1.807) is 0 Å². The number of rotatable bonds is 7. The molecule has 0 aromatic heterocycles. The lowest BCUT2D eigenvalue weighted by Crippen LogP contribution is -1.99. The summed E-state index contributed by atoms with van der Waals surface area (Å²) in [5.74, 6) is 0.810. The molecular weight excluding hydrogens is 136 g/mol. The number of hydrogen-bond acceptors (Lipinski definition) is 1. The van der Waals surface area contributed by atoms with Gasteiger partial charge in [-0.2, -0.15) is 0 Å². The van der Waals surface area contributed by atoms with Gasteiger partial charge >= 0.3 is 0 Å². The van der Waals surface area contributed by atoms with Crippen molar-refractivity contribution < 1.29 is 4.74 Å². The molecule has 0 amide bonds. The van der Waals surface area contributed by atoms with Crippen LogP contribution in [0.25, 0.3) is 0 Å². The second-order valence-corrected chi connectivity index (χ2v) is 3.13. The van der Waals surface area contributed by atoms with E-state index >= 15 is 0 Å². The van der Waals surface area contributed by atoms with E-state index in [2.05, 4.69) is 20.8 Å². The van der Waals surface area contributed by atoms with Crippen LogP contribution in [0, 0.1) is 12.5 Å². The Morgan fingerprint density at radius 2 is 2.09 bits per heavy atom. The Hall–Kier alpha value is -0.0400. The summed E-state index contributed by atoms with van der Waals surface area (Å²) in [5, 5.41) is 0. The zero-order valence-electron chi connectivity index (χ0n) is 8.10. The van der Waals surface area contributed by atoms with Crippen LogP contribution in [0.4, 0.5) is 0 Å². The highest BCUT2D eigenvalue weighted by molar-refractivity contribution is 4.52. The summed E-state index contributed by atoms with van der Waals surface area (Å²) in [7, 11) is 0. The highest BCUT2D eigenvalue weighted by Crippen LogP contribution is 2.06. The van der Waals surface area contributed by atoms with Gasteiger partial charge in [-0.05, 0) is 18.8 Å². The zero-order chi connectivity index (χ0) is 8.53. The van der Waals surface area contributed by atoms with Crippen LogP contribution in [-0.2, 0) is 4.74 Å². The first kappa shape index (κ1) is 11.0. The Balaban J connectivity index is 2.89. The lowest BCUT2D eigenvalue weighted by Gasteiger charge is -2.07. The highest BCUT2D eigenvalue weighted by atomic mass is 16.5. The molecule has 0 aromatic carbocycles. The highest BCUT2D eigenvalue weighted by Gasteiger charge is 1.97. The largest absolute Gasteiger partial charge is 0.376 e. The lowest BCUT2D eigenvalue weighted by atomic mass is 10.1. The molecule has 0 aromatic rings. The molecule has 0 aliphatic heterocycles. The maximum absolute atomic E-state index is 5.32. The van der Waals surface area contributed by atoms with Gasteiger partial charge in [0, 0.05) is 6.61 Å². The summed E-state index contributed by atoms with van der Waals surface area (Å²) >= 11 is 0. The minimum absolute atomic E-state index is 0.810. The molecule has 1 atom stereocenters. The van der Waals surface area contributed by atoms with Gasteiger partial charge in [0.15, 0.2) is 0 Å². The molecule has 0 aliphatic carbocycles. The van der Waals surface area contributed by atoms with E-state index in [-0.39, 0.29) is 0 Å². The Kier molecular flexibility index (Phi) is 8.03. The van der Waals surface area contributed by atoms with Crippen LogP contribution in [-0.4, -0.2) is 6.61 Å². The molecule has 0 N–H and O–H groups in total. The Labute approximate surface area is 71.1 Å². The van der Waals surface area contributed by atoms with Gasteiger partial charge < -0.3 is 4.74 Å². The van der Waals surface area contributed by atoms with Crippen molar-refractivity contribution in [1.82, 2.24) is 0 Å². The number of ether oxygens (including phenoxy) is 1. The fourth-order valence-electron chi connectivity index (χ4n) is 0.758. The first-order valence-electron chi connectivity index (χ1n) is 4.74. The van der Waals surface area contributed by atoms with Crippen LogP contribution < -0.4 is 0 Å². The van der Waals surface area contributed by atoms with Gasteiger partial charge in [0.1, 0.15) is 0 Å². The van der Waals surface area contributed by atoms with Crippen molar-refractivity contribution in [2.24, 2.45) is 5.92 Å². The Morgan fingerprint density at radius 3 is 2.64 bits per heavy atom. The van der Waals surface area contributed by atoms with Crippen molar-refractivity contribution in [3.8, 4) is 0 Å². The quantitative estimate of drug-likeness (QED) is 0.515. The van der Waals surface area contributed by atoms with Crippen LogP contribution in [0.5, 0.6) is 0 Å². The third-order valence-corrected chi connectivity index (χ3v) is 1.95. The maximum atomic E-state index is 5.32. The van der Waals surface area contributed by atoms with E-state index < -0.39 is 0 Å². The summed E-state index contributed by atoms with van der Waals surface area (Å²) in [5.41, 5.74) is 0. The predicted molar refractivity (Wildman–Crippen MR) is 49.2 cm³/mol. The van der Waals surface area contributed by atoms with Gasteiger partial charge in [0.2, 0.25) is 0 Å². The van der Waals surface area contributed by atoms with Crippen LogP contribution in [0.15, 0.2) is 0 Å². The molecule has 0 heterocycles. The molecule has 0 saturated carbocycles. The number of unbranched alkanes of at least 4 members (excludes halogenated alkanes) is 1. The van der Waals surface area contributed by atoms with Gasteiger partial charge in [-0.15, -0.1) is 0 Å². The van der Waals surface area contributed by atoms with Crippen LogP contribution in [0.1, 0.15) is 46.5 Å². The van der Waals surface area contributed by atoms with Gasteiger partial charge in [-0.25, -0.2) is 0 Å². The van der Waals surface area contributed by atoms with Crippen molar-refractivity contribution in [2.75, 3.05) is 6.61 Å². The first-order valence-corrected chi connectivity index (χ1v) is 4.74. The van der Waals surface area contributed by atoms with Gasteiger partial charge in [-0.1, -0.05) is 33.6 Å². The molecule has 67 valence electrons. The predicted octanol–water partition coefficient (Wildman–Crippen LogP) is 3.40. The normalized spacial score (nSPS) is 13.4. The Bertz CT molecular complexity index is 71.3. The molecule has 0 spiro atoms. The van der Waals surface area contributed by atoms with Gasteiger partial charge in [0.25, 0.3) is 0 Å². The molecule has 0 saturated heterocycles. The lowest BCUT2D eigenvalue weighted by molar-refractivity contribution is 0.173. The molecule has 11 heavy (non-hydrogen) atoms. The monoisotopic (exact) mass is 157 g/mol. The third-order valence-electron chi connectivity index (χ3n) is 1.95. The molecule has 0 aliphatic rings. The van der Waals surface area contributed by atoms with Crippen molar-refractivity contribution >= 4 is 0 Å². The first-order chi connectivity index (χ1) is 5.31. The minimum atomic E-state index is 0.810. The van der Waals surface area contributed by atoms with Gasteiger partial charge in [-0.3, -0.25) is 0 Å². The minimum Gasteiger partial charge on any atom is -0.376 e. The molecule has 1 nitrogen and oxygen atoms in total. The SMILES string of the molecule is CCC[CH]OCCC(C)CC. The molecule has 1 heteroatoms. The second kappa shape index (κ2) is 8.06. The van der Waals surface area contributed by atoms with E-state index in [9.17, 15) is 0 Å². The molecule has 1 unspecified atom stereocenters.